The molecule has 0 amide bonds. The summed E-state index contributed by atoms with van der Waals surface area (Å²) < 4.78 is 5.18. The molecule has 11 heteroatoms. The number of carboxylic acid groups (broad SMARTS) is 1. The van der Waals surface area contributed by atoms with Gasteiger partial charge in [0.25, 0.3) is 5.88 Å². The molecule has 0 saturated heterocycles. The van der Waals surface area contributed by atoms with Crippen LogP contribution in [-0.4, -0.2) is 38.1 Å². The van der Waals surface area contributed by atoms with Crippen LogP contribution in [0.25, 0.3) is 0 Å². The van der Waals surface area contributed by atoms with Crippen molar-refractivity contribution in [3.63, 3.8) is 0 Å². The van der Waals surface area contributed by atoms with E-state index in [0.717, 1.165) is 29.4 Å². The molecule has 0 bridgehead atoms. The average Bonchev–Trinajstić information content (AvgIpc) is 2.79. The normalized spacial score (nSPS) is 10.4. The number of ether oxygens (including phenoxy) is 1. The van der Waals surface area contributed by atoms with Crippen LogP contribution < -0.4 is 4.74 Å². The van der Waals surface area contributed by atoms with Crippen molar-refractivity contribution in [3.05, 3.63) is 27.0 Å². The van der Waals surface area contributed by atoms with E-state index in [0.29, 0.717) is 10.0 Å². The standard InChI is InChI=1S/C10H8N4O5S2/c1-4-6(9(15)16)20-10(13-4)21-8-5(14(17)18)7(19-2)11-3-12-8/h3H,1-2H3,(H,15,16). The molecule has 110 valence electrons. The van der Waals surface area contributed by atoms with Gasteiger partial charge in [-0.15, -0.1) is 0 Å². The zero-order valence-electron chi connectivity index (χ0n) is 10.8. The molecule has 0 unspecified atom stereocenters. The van der Waals surface area contributed by atoms with E-state index in [4.69, 9.17) is 9.84 Å². The maximum Gasteiger partial charge on any atom is 0.363 e. The Morgan fingerprint density at radius 3 is 2.76 bits per heavy atom. The first kappa shape index (κ1) is 15.1. The summed E-state index contributed by atoms with van der Waals surface area (Å²) in [5.41, 5.74) is -0.0339. The fraction of sp³-hybridized carbons (Fsp3) is 0.200. The lowest BCUT2D eigenvalue weighted by Crippen LogP contribution is -1.99. The molecule has 2 aromatic rings. The fourth-order valence-corrected chi connectivity index (χ4v) is 3.42. The Labute approximate surface area is 126 Å². The Kier molecular flexibility index (Phi) is 4.33. The number of carboxylic acids is 1. The maximum atomic E-state index is 11.1. The zero-order valence-corrected chi connectivity index (χ0v) is 12.4. The van der Waals surface area contributed by atoms with Crippen molar-refractivity contribution >= 4 is 34.8 Å². The zero-order chi connectivity index (χ0) is 15.6. The van der Waals surface area contributed by atoms with Gasteiger partial charge in [-0.25, -0.2) is 14.8 Å². The number of nitro groups is 1. The molecule has 1 N–H and O–H groups in total. The highest BCUT2D eigenvalue weighted by Crippen LogP contribution is 2.39. The quantitative estimate of drug-likeness (QED) is 0.497. The predicted molar refractivity (Wildman–Crippen MR) is 73.2 cm³/mol. The molecule has 21 heavy (non-hydrogen) atoms. The lowest BCUT2D eigenvalue weighted by Gasteiger charge is -2.02. The summed E-state index contributed by atoms with van der Waals surface area (Å²) in [5.74, 6) is -1.25. The molecule has 0 aliphatic heterocycles. The van der Waals surface area contributed by atoms with Crippen molar-refractivity contribution in [1.82, 2.24) is 15.0 Å². The summed E-state index contributed by atoms with van der Waals surface area (Å²) >= 11 is 1.82. The molecule has 0 aliphatic carbocycles. The molecule has 0 radical (unpaired) electrons. The molecule has 2 heterocycles. The van der Waals surface area contributed by atoms with Crippen molar-refractivity contribution in [1.29, 1.82) is 0 Å². The largest absolute Gasteiger partial charge is 0.477 e. The van der Waals surface area contributed by atoms with Gasteiger partial charge in [0.15, 0.2) is 9.37 Å². The number of hydrogen-bond acceptors (Lipinski definition) is 9. The number of aromatic carboxylic acids is 1. The van der Waals surface area contributed by atoms with E-state index in [1.807, 2.05) is 0 Å². The molecular weight excluding hydrogens is 320 g/mol. The average molecular weight is 328 g/mol. The van der Waals surface area contributed by atoms with Gasteiger partial charge in [-0.2, -0.15) is 4.98 Å². The minimum absolute atomic E-state index is 0.0394. The SMILES string of the molecule is COc1ncnc(Sc2nc(C)c(C(=O)O)s2)c1[N+](=O)[O-]. The number of aromatic nitrogens is 3. The van der Waals surface area contributed by atoms with Crippen LogP contribution in [0, 0.1) is 17.0 Å². The van der Waals surface area contributed by atoms with Crippen LogP contribution >= 0.6 is 23.1 Å². The third-order valence-electron chi connectivity index (χ3n) is 2.29. The molecule has 0 atom stereocenters. The van der Waals surface area contributed by atoms with E-state index in [1.165, 1.54) is 7.11 Å². The lowest BCUT2D eigenvalue weighted by atomic mass is 10.4. The fourth-order valence-electron chi connectivity index (χ4n) is 1.42. The number of nitrogens with zero attached hydrogens (tertiary/aromatic N) is 4. The monoisotopic (exact) mass is 328 g/mol. The topological polar surface area (TPSA) is 128 Å². The van der Waals surface area contributed by atoms with Crippen LogP contribution in [0.15, 0.2) is 15.7 Å². The summed E-state index contributed by atoms with van der Waals surface area (Å²) in [7, 11) is 1.26. The third kappa shape index (κ3) is 3.08. The van der Waals surface area contributed by atoms with Crippen LogP contribution in [0.1, 0.15) is 15.4 Å². The summed E-state index contributed by atoms with van der Waals surface area (Å²) in [5, 5.41) is 20.1. The van der Waals surface area contributed by atoms with Crippen molar-refractivity contribution in [3.8, 4) is 5.88 Å². The van der Waals surface area contributed by atoms with Gasteiger partial charge >= 0.3 is 11.7 Å². The molecule has 0 fully saturated rings. The third-order valence-corrected chi connectivity index (χ3v) is 4.48. The maximum absolute atomic E-state index is 11.1. The summed E-state index contributed by atoms with van der Waals surface area (Å²) in [6.45, 7) is 1.55. The molecule has 2 rings (SSSR count). The van der Waals surface area contributed by atoms with E-state index >= 15 is 0 Å². The van der Waals surface area contributed by atoms with Crippen LogP contribution in [0.3, 0.4) is 0 Å². The van der Waals surface area contributed by atoms with E-state index in [2.05, 4.69) is 15.0 Å². The second-order valence-corrected chi connectivity index (χ2v) is 5.83. The number of rotatable bonds is 5. The second-order valence-electron chi connectivity index (χ2n) is 3.60. The Morgan fingerprint density at radius 1 is 1.52 bits per heavy atom. The van der Waals surface area contributed by atoms with Crippen LogP contribution in [0.2, 0.25) is 0 Å². The van der Waals surface area contributed by atoms with Gasteiger partial charge < -0.3 is 9.84 Å². The number of aryl methyl sites for hydroxylation is 1. The van der Waals surface area contributed by atoms with Crippen LogP contribution in [-0.2, 0) is 0 Å². The summed E-state index contributed by atoms with van der Waals surface area (Å²) in [6, 6.07) is 0. The predicted octanol–water partition coefficient (Wildman–Crippen LogP) is 2.01. The van der Waals surface area contributed by atoms with E-state index in [-0.39, 0.29) is 21.5 Å². The molecule has 0 aromatic carbocycles. The van der Waals surface area contributed by atoms with E-state index < -0.39 is 10.9 Å². The first-order valence-corrected chi connectivity index (χ1v) is 6.99. The number of thiazole rings is 1. The molecule has 9 nitrogen and oxygen atoms in total. The van der Waals surface area contributed by atoms with Gasteiger partial charge in [-0.05, 0) is 18.7 Å². The van der Waals surface area contributed by atoms with Gasteiger partial charge in [-0.3, -0.25) is 10.1 Å². The van der Waals surface area contributed by atoms with E-state index in [9.17, 15) is 14.9 Å². The summed E-state index contributed by atoms with van der Waals surface area (Å²) in [4.78, 5) is 33.1. The Bertz CT molecular complexity index is 717. The highest BCUT2D eigenvalue weighted by atomic mass is 32.2. The minimum Gasteiger partial charge on any atom is -0.477 e. The molecule has 0 saturated carbocycles. The number of hydrogen-bond donors (Lipinski definition) is 1. The first-order valence-electron chi connectivity index (χ1n) is 5.36. The molecule has 0 aliphatic rings. The minimum atomic E-state index is -1.09. The Morgan fingerprint density at radius 2 is 2.24 bits per heavy atom. The van der Waals surface area contributed by atoms with Crippen molar-refractivity contribution in [2.24, 2.45) is 0 Å². The van der Waals surface area contributed by atoms with Gasteiger partial charge in [0.1, 0.15) is 11.2 Å². The van der Waals surface area contributed by atoms with Gasteiger partial charge in [0.05, 0.1) is 17.7 Å². The number of methoxy groups -OCH3 is 1. The lowest BCUT2D eigenvalue weighted by molar-refractivity contribution is -0.389. The van der Waals surface area contributed by atoms with Crippen molar-refractivity contribution in [2.75, 3.05) is 7.11 Å². The Hall–Kier alpha value is -2.27. The second kappa shape index (κ2) is 6.01. The van der Waals surface area contributed by atoms with E-state index in [1.54, 1.807) is 6.92 Å². The van der Waals surface area contributed by atoms with Crippen molar-refractivity contribution in [2.45, 2.75) is 16.3 Å². The van der Waals surface area contributed by atoms with Crippen LogP contribution in [0.5, 0.6) is 5.88 Å². The van der Waals surface area contributed by atoms with Gasteiger partial charge in [0, 0.05) is 0 Å². The number of carbonyl (C=O) groups is 1. The Balaban J connectivity index is 2.42. The van der Waals surface area contributed by atoms with Gasteiger partial charge in [-0.1, -0.05) is 11.3 Å². The van der Waals surface area contributed by atoms with Crippen LogP contribution in [0.4, 0.5) is 5.69 Å². The highest BCUT2D eigenvalue weighted by Gasteiger charge is 2.26. The molecule has 0 spiro atoms. The first-order chi connectivity index (χ1) is 9.93. The molecular formula is C10H8N4O5S2. The smallest absolute Gasteiger partial charge is 0.363 e. The van der Waals surface area contributed by atoms with Crippen molar-refractivity contribution < 1.29 is 19.6 Å². The van der Waals surface area contributed by atoms with Gasteiger partial charge in [0.2, 0.25) is 0 Å². The highest BCUT2D eigenvalue weighted by molar-refractivity contribution is 8.01. The molecule has 2 aromatic heterocycles. The summed E-state index contributed by atoms with van der Waals surface area (Å²) in [6.07, 6.45) is 1.13.